The summed E-state index contributed by atoms with van der Waals surface area (Å²) in [5.74, 6) is -2.12. The minimum atomic E-state index is -1.56. The summed E-state index contributed by atoms with van der Waals surface area (Å²) in [6.45, 7) is 7.10. The standard InChI is InChI=1S/C19H21ClO5/c1-5-18(13(21)11-7-9-12(20)10-8-11)14-17(3,4)25-16(23)19(14,18)15(22)24-6-2/h7-10,14H,5-6H2,1-4H3/t14-,18+,19-/m1/s1. The van der Waals surface area contributed by atoms with Gasteiger partial charge in [-0.1, -0.05) is 18.5 Å². The largest absolute Gasteiger partial charge is 0.465 e. The van der Waals surface area contributed by atoms with E-state index in [0.29, 0.717) is 17.0 Å². The second kappa shape index (κ2) is 5.56. The second-order valence-corrected chi connectivity index (χ2v) is 7.55. The fourth-order valence-electron chi connectivity index (χ4n) is 4.77. The summed E-state index contributed by atoms with van der Waals surface area (Å²) in [6, 6.07) is 6.48. The van der Waals surface area contributed by atoms with Crippen molar-refractivity contribution in [2.45, 2.75) is 39.7 Å². The molecule has 0 bridgehead atoms. The van der Waals surface area contributed by atoms with E-state index in [1.807, 2.05) is 6.92 Å². The highest BCUT2D eigenvalue weighted by Crippen LogP contribution is 2.80. The zero-order valence-electron chi connectivity index (χ0n) is 14.7. The van der Waals surface area contributed by atoms with E-state index in [1.165, 1.54) is 0 Å². The summed E-state index contributed by atoms with van der Waals surface area (Å²) in [5.41, 5.74) is -3.20. The number of fused-ring (bicyclic) bond motifs is 1. The summed E-state index contributed by atoms with van der Waals surface area (Å²) in [6.07, 6.45) is 0.344. The minimum Gasteiger partial charge on any atom is -0.465 e. The van der Waals surface area contributed by atoms with Crippen molar-refractivity contribution < 1.29 is 23.9 Å². The highest BCUT2D eigenvalue weighted by molar-refractivity contribution is 6.30. The molecule has 25 heavy (non-hydrogen) atoms. The number of halogens is 1. The zero-order chi connectivity index (χ0) is 18.6. The second-order valence-electron chi connectivity index (χ2n) is 7.12. The fourth-order valence-corrected chi connectivity index (χ4v) is 4.89. The molecule has 2 fully saturated rings. The molecular formula is C19H21ClO5. The van der Waals surface area contributed by atoms with Crippen LogP contribution in [-0.4, -0.2) is 29.9 Å². The number of hydrogen-bond donors (Lipinski definition) is 0. The molecule has 134 valence electrons. The number of hydrogen-bond acceptors (Lipinski definition) is 5. The van der Waals surface area contributed by atoms with Crippen LogP contribution in [-0.2, 0) is 19.1 Å². The predicted molar refractivity (Wildman–Crippen MR) is 91.2 cm³/mol. The Kier molecular flexibility index (Phi) is 3.99. The maximum absolute atomic E-state index is 13.4. The van der Waals surface area contributed by atoms with Crippen molar-refractivity contribution in [2.75, 3.05) is 6.61 Å². The van der Waals surface area contributed by atoms with Crippen LogP contribution in [0.2, 0.25) is 5.02 Å². The van der Waals surface area contributed by atoms with Crippen LogP contribution in [0.4, 0.5) is 0 Å². The Morgan fingerprint density at radius 2 is 1.80 bits per heavy atom. The van der Waals surface area contributed by atoms with Gasteiger partial charge in [-0.2, -0.15) is 0 Å². The quantitative estimate of drug-likeness (QED) is 0.455. The number of ketones is 1. The summed E-state index contributed by atoms with van der Waals surface area (Å²) in [5, 5.41) is 0.512. The number of Topliss-reactive ketones (excluding diaryl/α,β-unsaturated/α-hetero) is 1. The van der Waals surface area contributed by atoms with Crippen molar-refractivity contribution in [1.29, 1.82) is 0 Å². The zero-order valence-corrected chi connectivity index (χ0v) is 15.5. The molecule has 0 spiro atoms. The van der Waals surface area contributed by atoms with Crippen molar-refractivity contribution in [1.82, 2.24) is 0 Å². The number of cyclic esters (lactones) is 1. The van der Waals surface area contributed by atoms with Crippen molar-refractivity contribution in [2.24, 2.45) is 16.7 Å². The summed E-state index contributed by atoms with van der Waals surface area (Å²) in [4.78, 5) is 38.9. The van der Waals surface area contributed by atoms with E-state index >= 15 is 0 Å². The van der Waals surface area contributed by atoms with E-state index in [9.17, 15) is 14.4 Å². The average molecular weight is 365 g/mol. The first-order valence-corrected chi connectivity index (χ1v) is 8.79. The Bertz CT molecular complexity index is 754. The Balaban J connectivity index is 2.14. The summed E-state index contributed by atoms with van der Waals surface area (Å²) < 4.78 is 10.6. The molecule has 0 unspecified atom stereocenters. The molecule has 1 aromatic carbocycles. The molecule has 5 nitrogen and oxygen atoms in total. The normalized spacial score (nSPS) is 31.9. The van der Waals surface area contributed by atoms with Crippen molar-refractivity contribution in [3.63, 3.8) is 0 Å². The van der Waals surface area contributed by atoms with Crippen LogP contribution in [0.25, 0.3) is 0 Å². The molecule has 1 saturated heterocycles. The Labute approximate surface area is 151 Å². The Morgan fingerprint density at radius 3 is 2.32 bits per heavy atom. The van der Waals surface area contributed by atoms with E-state index in [2.05, 4.69) is 0 Å². The molecule has 1 aliphatic heterocycles. The van der Waals surface area contributed by atoms with E-state index < -0.39 is 34.3 Å². The van der Waals surface area contributed by atoms with Crippen LogP contribution in [0.1, 0.15) is 44.5 Å². The number of carbonyl (C=O) groups excluding carboxylic acids is 3. The van der Waals surface area contributed by atoms with Crippen LogP contribution in [0.5, 0.6) is 0 Å². The van der Waals surface area contributed by atoms with Gasteiger partial charge in [-0.25, -0.2) is 0 Å². The van der Waals surface area contributed by atoms with Crippen LogP contribution in [0, 0.1) is 16.7 Å². The number of ether oxygens (including phenoxy) is 2. The topological polar surface area (TPSA) is 69.7 Å². The molecular weight excluding hydrogens is 344 g/mol. The Morgan fingerprint density at radius 1 is 1.20 bits per heavy atom. The molecule has 3 atom stereocenters. The molecule has 6 heteroatoms. The van der Waals surface area contributed by atoms with Crippen molar-refractivity contribution in [3.8, 4) is 0 Å². The van der Waals surface area contributed by atoms with E-state index in [1.54, 1.807) is 45.0 Å². The third kappa shape index (κ3) is 2.05. The van der Waals surface area contributed by atoms with E-state index in [-0.39, 0.29) is 12.4 Å². The van der Waals surface area contributed by atoms with E-state index in [0.717, 1.165) is 0 Å². The van der Waals surface area contributed by atoms with Crippen LogP contribution < -0.4 is 0 Å². The summed E-state index contributed by atoms with van der Waals surface area (Å²) in [7, 11) is 0. The molecule has 0 amide bonds. The summed E-state index contributed by atoms with van der Waals surface area (Å²) >= 11 is 5.90. The predicted octanol–water partition coefficient (Wildman–Crippen LogP) is 3.43. The van der Waals surface area contributed by atoms with Crippen LogP contribution >= 0.6 is 11.6 Å². The molecule has 1 aromatic rings. The molecule has 3 rings (SSSR count). The van der Waals surface area contributed by atoms with Gasteiger partial charge in [0.2, 0.25) is 0 Å². The lowest BCUT2D eigenvalue weighted by molar-refractivity contribution is -0.166. The highest BCUT2D eigenvalue weighted by atomic mass is 35.5. The molecule has 0 N–H and O–H groups in total. The van der Waals surface area contributed by atoms with E-state index in [4.69, 9.17) is 21.1 Å². The van der Waals surface area contributed by atoms with Gasteiger partial charge < -0.3 is 9.47 Å². The maximum atomic E-state index is 13.4. The lowest BCUT2D eigenvalue weighted by Crippen LogP contribution is -2.40. The lowest BCUT2D eigenvalue weighted by Gasteiger charge is -2.28. The van der Waals surface area contributed by atoms with Gasteiger partial charge in [0.25, 0.3) is 0 Å². The molecule has 0 aromatic heterocycles. The van der Waals surface area contributed by atoms with Gasteiger partial charge in [-0.3, -0.25) is 14.4 Å². The average Bonchev–Trinajstić information content (AvgIpc) is 3.15. The van der Waals surface area contributed by atoms with Gasteiger partial charge in [0.1, 0.15) is 5.60 Å². The van der Waals surface area contributed by atoms with Crippen LogP contribution in [0.15, 0.2) is 24.3 Å². The van der Waals surface area contributed by atoms with Gasteiger partial charge in [0.05, 0.1) is 12.0 Å². The fraction of sp³-hybridized carbons (Fsp3) is 0.526. The smallest absolute Gasteiger partial charge is 0.325 e. The first-order valence-electron chi connectivity index (χ1n) is 8.41. The molecule has 0 radical (unpaired) electrons. The Hall–Kier alpha value is -1.88. The van der Waals surface area contributed by atoms with Crippen LogP contribution in [0.3, 0.4) is 0 Å². The third-order valence-corrected chi connectivity index (χ3v) is 5.84. The number of esters is 2. The van der Waals surface area contributed by atoms with Gasteiger partial charge >= 0.3 is 11.9 Å². The first kappa shape index (κ1) is 17.9. The minimum absolute atomic E-state index is 0.135. The number of rotatable bonds is 5. The van der Waals surface area contributed by atoms with Gasteiger partial charge in [-0.05, 0) is 51.5 Å². The molecule has 1 aliphatic carbocycles. The van der Waals surface area contributed by atoms with Gasteiger partial charge in [0.15, 0.2) is 11.2 Å². The highest BCUT2D eigenvalue weighted by Gasteiger charge is 2.95. The van der Waals surface area contributed by atoms with Crippen molar-refractivity contribution in [3.05, 3.63) is 34.9 Å². The lowest BCUT2D eigenvalue weighted by atomic mass is 9.81. The molecule has 2 aliphatic rings. The third-order valence-electron chi connectivity index (χ3n) is 5.59. The number of benzene rings is 1. The first-order chi connectivity index (χ1) is 11.7. The molecule has 1 saturated carbocycles. The van der Waals surface area contributed by atoms with Crippen molar-refractivity contribution >= 4 is 29.3 Å². The monoisotopic (exact) mass is 364 g/mol. The molecule has 1 heterocycles. The SMILES string of the molecule is CCOC(=O)[C@@]12C(=O)OC(C)(C)[C@@H]1[C@]2(CC)C(=O)c1ccc(Cl)cc1. The van der Waals surface area contributed by atoms with Gasteiger partial charge in [0, 0.05) is 16.5 Å². The number of carbonyl (C=O) groups is 3. The van der Waals surface area contributed by atoms with Gasteiger partial charge in [-0.15, -0.1) is 0 Å². The maximum Gasteiger partial charge on any atom is 0.325 e.